The highest BCUT2D eigenvalue weighted by molar-refractivity contribution is 5.76. The van der Waals surface area contributed by atoms with Crippen LogP contribution in [0.15, 0.2) is 12.4 Å². The second-order valence-electron chi connectivity index (χ2n) is 5.00. The maximum Gasteiger partial charge on any atom is 0.419 e. The molecule has 2 rings (SSSR count). The first-order valence-corrected chi connectivity index (χ1v) is 6.24. The van der Waals surface area contributed by atoms with E-state index in [1.54, 1.807) is 4.90 Å². The van der Waals surface area contributed by atoms with Crippen molar-refractivity contribution in [1.29, 1.82) is 0 Å². The van der Waals surface area contributed by atoms with Crippen molar-refractivity contribution in [2.45, 2.75) is 26.4 Å². The van der Waals surface area contributed by atoms with Crippen LogP contribution in [0.1, 0.15) is 25.8 Å². The van der Waals surface area contributed by atoms with Gasteiger partial charge in [-0.3, -0.25) is 0 Å². The van der Waals surface area contributed by atoms with Crippen LogP contribution in [0.2, 0.25) is 0 Å². The molecule has 0 radical (unpaired) electrons. The third kappa shape index (κ3) is 2.74. The Morgan fingerprint density at radius 1 is 1.47 bits per heavy atom. The van der Waals surface area contributed by atoms with E-state index in [0.717, 1.165) is 17.3 Å². The van der Waals surface area contributed by atoms with Gasteiger partial charge in [0.15, 0.2) is 0 Å². The number of rotatable bonds is 1. The number of carbonyl (C=O) groups is 1. The standard InChI is InChI=1S/C12H16F3N3O/c1-3-9-6-17(5-8(9)2)11(19)18-7-10(4-16-18)12(13,14)15/h4,7-9H,3,5-6H2,1-2H3. The van der Waals surface area contributed by atoms with E-state index in [2.05, 4.69) is 5.10 Å². The van der Waals surface area contributed by atoms with E-state index in [-0.39, 0.29) is 0 Å². The van der Waals surface area contributed by atoms with Crippen LogP contribution in [-0.4, -0.2) is 33.8 Å². The van der Waals surface area contributed by atoms with E-state index < -0.39 is 17.8 Å². The summed E-state index contributed by atoms with van der Waals surface area (Å²) in [6, 6.07) is -0.488. The predicted octanol–water partition coefficient (Wildman–Crippen LogP) is 2.85. The van der Waals surface area contributed by atoms with Gasteiger partial charge in [-0.2, -0.15) is 23.0 Å². The Hall–Kier alpha value is -1.53. The number of likely N-dealkylation sites (tertiary alicyclic amines) is 1. The quantitative estimate of drug-likeness (QED) is 0.790. The van der Waals surface area contributed by atoms with Gasteiger partial charge in [-0.05, 0) is 11.8 Å². The molecule has 0 bridgehead atoms. The Morgan fingerprint density at radius 2 is 2.16 bits per heavy atom. The van der Waals surface area contributed by atoms with Gasteiger partial charge < -0.3 is 4.90 Å². The molecular weight excluding hydrogens is 259 g/mol. The first kappa shape index (κ1) is 13.9. The molecule has 0 saturated carbocycles. The second kappa shape index (κ2) is 4.86. The van der Waals surface area contributed by atoms with Crippen LogP contribution in [0.5, 0.6) is 0 Å². The number of hydrogen-bond donors (Lipinski definition) is 0. The normalized spacial score (nSPS) is 23.9. The lowest BCUT2D eigenvalue weighted by molar-refractivity contribution is -0.137. The topological polar surface area (TPSA) is 38.1 Å². The molecule has 106 valence electrons. The van der Waals surface area contributed by atoms with E-state index in [4.69, 9.17) is 0 Å². The number of aromatic nitrogens is 2. The van der Waals surface area contributed by atoms with Crippen LogP contribution in [0, 0.1) is 11.8 Å². The zero-order valence-corrected chi connectivity index (χ0v) is 10.8. The minimum absolute atomic E-state index is 0.367. The van der Waals surface area contributed by atoms with Crippen molar-refractivity contribution in [3.63, 3.8) is 0 Å². The average molecular weight is 275 g/mol. The number of halogens is 3. The van der Waals surface area contributed by atoms with Crippen LogP contribution in [0.3, 0.4) is 0 Å². The molecule has 4 nitrogen and oxygen atoms in total. The molecule has 0 spiro atoms. The van der Waals surface area contributed by atoms with Crippen LogP contribution in [0.4, 0.5) is 18.0 Å². The highest BCUT2D eigenvalue weighted by Crippen LogP contribution is 2.29. The third-order valence-electron chi connectivity index (χ3n) is 3.67. The van der Waals surface area contributed by atoms with E-state index in [0.29, 0.717) is 31.1 Å². The maximum atomic E-state index is 12.4. The zero-order valence-electron chi connectivity index (χ0n) is 10.8. The van der Waals surface area contributed by atoms with Crippen LogP contribution < -0.4 is 0 Å². The van der Waals surface area contributed by atoms with Crippen LogP contribution in [0.25, 0.3) is 0 Å². The van der Waals surface area contributed by atoms with Gasteiger partial charge in [-0.25, -0.2) is 4.79 Å². The summed E-state index contributed by atoms with van der Waals surface area (Å²) in [7, 11) is 0. The largest absolute Gasteiger partial charge is 0.419 e. The fourth-order valence-electron chi connectivity index (χ4n) is 2.44. The number of nitrogens with zero attached hydrogens (tertiary/aromatic N) is 3. The third-order valence-corrected chi connectivity index (χ3v) is 3.67. The molecule has 1 aliphatic heterocycles. The summed E-state index contributed by atoms with van der Waals surface area (Å²) in [5, 5.41) is 3.51. The minimum atomic E-state index is -4.47. The van der Waals surface area contributed by atoms with E-state index in [1.807, 2.05) is 13.8 Å². The molecule has 1 aliphatic rings. The molecule has 7 heteroatoms. The van der Waals surface area contributed by atoms with Gasteiger partial charge in [0.1, 0.15) is 0 Å². The Morgan fingerprint density at radius 3 is 2.63 bits per heavy atom. The highest BCUT2D eigenvalue weighted by Gasteiger charge is 2.35. The van der Waals surface area contributed by atoms with Crippen LogP contribution in [-0.2, 0) is 6.18 Å². The lowest BCUT2D eigenvalue weighted by atomic mass is 9.96. The lowest BCUT2D eigenvalue weighted by Crippen LogP contribution is -2.33. The van der Waals surface area contributed by atoms with Crippen LogP contribution >= 0.6 is 0 Å². The molecule has 19 heavy (non-hydrogen) atoms. The van der Waals surface area contributed by atoms with Crippen molar-refractivity contribution in [3.05, 3.63) is 18.0 Å². The van der Waals surface area contributed by atoms with Gasteiger partial charge >= 0.3 is 12.2 Å². The first-order chi connectivity index (χ1) is 8.82. The number of carbonyl (C=O) groups excluding carboxylic acids is 1. The maximum absolute atomic E-state index is 12.4. The minimum Gasteiger partial charge on any atom is -0.322 e. The van der Waals surface area contributed by atoms with E-state index in [1.165, 1.54) is 0 Å². The molecular formula is C12H16F3N3O. The number of hydrogen-bond acceptors (Lipinski definition) is 2. The van der Waals surface area contributed by atoms with Crippen molar-refractivity contribution in [2.24, 2.45) is 11.8 Å². The predicted molar refractivity (Wildman–Crippen MR) is 62.5 cm³/mol. The molecule has 2 heterocycles. The molecule has 1 aromatic rings. The molecule has 0 aromatic carbocycles. The molecule has 1 aromatic heterocycles. The molecule has 0 N–H and O–H groups in total. The van der Waals surface area contributed by atoms with Gasteiger partial charge in [0.25, 0.3) is 0 Å². The van der Waals surface area contributed by atoms with Gasteiger partial charge in [0.2, 0.25) is 0 Å². The summed E-state index contributed by atoms with van der Waals surface area (Å²) in [6.45, 7) is 5.24. The van der Waals surface area contributed by atoms with Gasteiger partial charge in [0, 0.05) is 19.3 Å². The van der Waals surface area contributed by atoms with E-state index >= 15 is 0 Å². The lowest BCUT2D eigenvalue weighted by Gasteiger charge is -2.15. The molecule has 1 amide bonds. The van der Waals surface area contributed by atoms with E-state index in [9.17, 15) is 18.0 Å². The zero-order chi connectivity index (χ0) is 14.2. The Bertz CT molecular complexity index is 469. The Balaban J connectivity index is 2.11. The van der Waals surface area contributed by atoms with Crippen molar-refractivity contribution in [1.82, 2.24) is 14.7 Å². The molecule has 2 atom stereocenters. The number of alkyl halides is 3. The van der Waals surface area contributed by atoms with Gasteiger partial charge in [-0.15, -0.1) is 0 Å². The van der Waals surface area contributed by atoms with Crippen molar-refractivity contribution in [2.75, 3.05) is 13.1 Å². The Kier molecular flexibility index (Phi) is 3.56. The average Bonchev–Trinajstić information content (AvgIpc) is 2.93. The smallest absolute Gasteiger partial charge is 0.322 e. The summed E-state index contributed by atoms with van der Waals surface area (Å²) < 4.78 is 38.1. The SMILES string of the molecule is CCC1CN(C(=O)n2cc(C(F)(F)F)cn2)CC1C. The molecule has 0 aliphatic carbocycles. The molecule has 1 fully saturated rings. The molecule has 1 saturated heterocycles. The van der Waals surface area contributed by atoms with Gasteiger partial charge in [-0.1, -0.05) is 20.3 Å². The summed E-state index contributed by atoms with van der Waals surface area (Å²) in [4.78, 5) is 13.6. The number of amides is 1. The monoisotopic (exact) mass is 275 g/mol. The van der Waals surface area contributed by atoms with Crippen molar-refractivity contribution >= 4 is 6.03 Å². The van der Waals surface area contributed by atoms with Gasteiger partial charge in [0.05, 0.1) is 11.8 Å². The summed E-state index contributed by atoms with van der Waals surface area (Å²) in [5.41, 5.74) is -0.903. The molecule has 2 unspecified atom stereocenters. The summed E-state index contributed by atoms with van der Waals surface area (Å²) in [6.07, 6.45) is -2.10. The highest BCUT2D eigenvalue weighted by atomic mass is 19.4. The fourth-order valence-corrected chi connectivity index (χ4v) is 2.44. The Labute approximate surface area is 109 Å². The first-order valence-electron chi connectivity index (χ1n) is 6.24. The summed E-state index contributed by atoms with van der Waals surface area (Å²) in [5.74, 6) is 0.771. The fraction of sp³-hybridized carbons (Fsp3) is 0.667. The van der Waals surface area contributed by atoms with Crippen molar-refractivity contribution < 1.29 is 18.0 Å². The summed E-state index contributed by atoms with van der Waals surface area (Å²) >= 11 is 0. The van der Waals surface area contributed by atoms with Crippen molar-refractivity contribution in [3.8, 4) is 0 Å². The second-order valence-corrected chi connectivity index (χ2v) is 5.00.